The quantitative estimate of drug-likeness (QED) is 0.318. The first-order valence-corrected chi connectivity index (χ1v) is 13.8. The Morgan fingerprint density at radius 3 is 2.38 bits per heavy atom. The van der Waals surface area contributed by atoms with E-state index in [-0.39, 0.29) is 37.2 Å². The highest BCUT2D eigenvalue weighted by molar-refractivity contribution is 7.93. The summed E-state index contributed by atoms with van der Waals surface area (Å²) in [5.74, 6) is 2.14. The van der Waals surface area contributed by atoms with Crippen LogP contribution < -0.4 is 19.1 Å². The van der Waals surface area contributed by atoms with Crippen LogP contribution in [-0.2, 0) is 10.0 Å². The van der Waals surface area contributed by atoms with Gasteiger partial charge in [-0.05, 0) is 37.6 Å². The minimum Gasteiger partial charge on any atom is -0.494 e. The Hall–Kier alpha value is -3.88. The molecule has 0 bridgehead atoms. The molecule has 0 saturated carbocycles. The molecule has 0 amide bonds. The molecule has 3 aromatic heterocycles. The van der Waals surface area contributed by atoms with Gasteiger partial charge in [-0.1, -0.05) is 17.7 Å². The number of halogens is 1. The van der Waals surface area contributed by atoms with Crippen LogP contribution in [0, 0.1) is 6.92 Å². The molecule has 5 rings (SSSR count). The van der Waals surface area contributed by atoms with Gasteiger partial charge in [0.25, 0.3) is 0 Å². The molecular weight excluding hydrogens is 550 g/mol. The fraction of sp³-hybridized carbons (Fsp3) is 0.333. The molecule has 1 aliphatic heterocycles. The number of aliphatic hydroxyl groups excluding tert-OH is 1. The predicted molar refractivity (Wildman–Crippen MR) is 143 cm³/mol. The van der Waals surface area contributed by atoms with Gasteiger partial charge in [0.1, 0.15) is 28.2 Å². The third kappa shape index (κ3) is 5.35. The summed E-state index contributed by atoms with van der Waals surface area (Å²) in [4.78, 5) is 9.92. The number of rotatable bonds is 8. The van der Waals surface area contributed by atoms with Crippen molar-refractivity contribution in [1.29, 1.82) is 0 Å². The number of hydrogen-bond acceptors (Lipinski definition) is 11. The van der Waals surface area contributed by atoms with E-state index >= 15 is 0 Å². The zero-order valence-electron chi connectivity index (χ0n) is 21.3. The maximum Gasteiger partial charge on any atom is 0.243 e. The number of hydrogen-bond donors (Lipinski definition) is 2. The Labute approximate surface area is 229 Å². The molecule has 13 nitrogen and oxygen atoms in total. The number of aryl methyl sites for hydroxylation is 1. The van der Waals surface area contributed by atoms with E-state index in [0.717, 1.165) is 0 Å². The van der Waals surface area contributed by atoms with Crippen molar-refractivity contribution in [2.75, 3.05) is 36.9 Å². The lowest BCUT2D eigenvalue weighted by Gasteiger charge is -2.35. The van der Waals surface area contributed by atoms with Crippen molar-refractivity contribution in [3.63, 3.8) is 0 Å². The topological polar surface area (TPSA) is 158 Å². The summed E-state index contributed by atoms with van der Waals surface area (Å²) in [5.41, 5.74) is 0.370. The van der Waals surface area contributed by atoms with E-state index in [1.165, 1.54) is 31.2 Å². The average molecular weight is 576 g/mol. The average Bonchev–Trinajstić information content (AvgIpc) is 3.53. The highest BCUT2D eigenvalue weighted by Gasteiger charge is 2.37. The minimum absolute atomic E-state index is 0.00419. The van der Waals surface area contributed by atoms with Crippen LogP contribution in [0.5, 0.6) is 11.5 Å². The van der Waals surface area contributed by atoms with E-state index < -0.39 is 21.4 Å². The van der Waals surface area contributed by atoms with E-state index in [1.807, 2.05) is 0 Å². The second kappa shape index (κ2) is 10.7. The lowest BCUT2D eigenvalue weighted by molar-refractivity contribution is 0.154. The summed E-state index contributed by atoms with van der Waals surface area (Å²) in [7, 11) is -1.15. The molecule has 1 aromatic carbocycles. The molecule has 15 heteroatoms. The summed E-state index contributed by atoms with van der Waals surface area (Å²) < 4.78 is 48.3. The third-order valence-electron chi connectivity index (χ3n) is 6.20. The number of nitrogens with zero attached hydrogens (tertiary/aromatic N) is 6. The zero-order valence-corrected chi connectivity index (χ0v) is 22.8. The Bertz CT molecular complexity index is 1550. The third-order valence-corrected chi connectivity index (χ3v) is 8.08. The number of methoxy groups -OCH3 is 2. The molecule has 0 spiro atoms. The summed E-state index contributed by atoms with van der Waals surface area (Å²) in [6.07, 6.45) is 1.88. The van der Waals surface area contributed by atoms with E-state index in [0.29, 0.717) is 33.7 Å². The number of nitrogens with one attached hydrogen (secondary N) is 1. The number of aliphatic hydroxyl groups is 1. The molecular formula is C24H26ClN7O6S. The smallest absolute Gasteiger partial charge is 0.243 e. The normalized spacial score (nSPS) is 17.7. The van der Waals surface area contributed by atoms with Crippen LogP contribution in [-0.4, -0.2) is 76.9 Å². The largest absolute Gasteiger partial charge is 0.494 e. The maximum atomic E-state index is 13.7. The lowest BCUT2D eigenvalue weighted by atomic mass is 10.1. The monoisotopic (exact) mass is 575 g/mol. The zero-order chi connectivity index (χ0) is 27.7. The van der Waals surface area contributed by atoms with Crippen LogP contribution in [0.15, 0.2) is 47.1 Å². The SMILES string of the molecule is COc1cccc(OC)c1-n1c(NS(=O)(=O)[C@H]2C[C@@H](O)CN(c3ncc(Cl)cn3)C2)nnc1-c1ccc(C)o1. The van der Waals surface area contributed by atoms with Crippen molar-refractivity contribution in [2.24, 2.45) is 0 Å². The van der Waals surface area contributed by atoms with Gasteiger partial charge in [-0.2, -0.15) is 0 Å². The van der Waals surface area contributed by atoms with E-state index in [2.05, 4.69) is 24.9 Å². The molecule has 4 heterocycles. The number of para-hydroxylation sites is 1. The molecule has 1 aliphatic rings. The second-order valence-electron chi connectivity index (χ2n) is 8.87. The van der Waals surface area contributed by atoms with Gasteiger partial charge in [-0.15, -0.1) is 10.2 Å². The van der Waals surface area contributed by atoms with Gasteiger partial charge in [0.2, 0.25) is 27.7 Å². The molecule has 1 saturated heterocycles. The molecule has 0 unspecified atom stereocenters. The van der Waals surface area contributed by atoms with Gasteiger partial charge >= 0.3 is 0 Å². The van der Waals surface area contributed by atoms with Crippen LogP contribution in [0.2, 0.25) is 5.02 Å². The van der Waals surface area contributed by atoms with Gasteiger partial charge in [0, 0.05) is 13.1 Å². The predicted octanol–water partition coefficient (Wildman–Crippen LogP) is 2.68. The summed E-state index contributed by atoms with van der Waals surface area (Å²) in [6, 6.07) is 8.61. The fourth-order valence-corrected chi connectivity index (χ4v) is 5.93. The molecule has 1 fully saturated rings. The van der Waals surface area contributed by atoms with Crippen LogP contribution in [0.1, 0.15) is 12.2 Å². The van der Waals surface area contributed by atoms with Crippen LogP contribution >= 0.6 is 11.6 Å². The summed E-state index contributed by atoms with van der Waals surface area (Å²) in [5, 5.41) is 18.2. The molecule has 2 atom stereocenters. The van der Waals surface area contributed by atoms with E-state index in [4.69, 9.17) is 25.5 Å². The molecule has 39 heavy (non-hydrogen) atoms. The highest BCUT2D eigenvalue weighted by Crippen LogP contribution is 2.38. The van der Waals surface area contributed by atoms with Gasteiger partial charge in [0.15, 0.2) is 5.76 Å². The number of anilines is 2. The van der Waals surface area contributed by atoms with E-state index in [9.17, 15) is 13.5 Å². The lowest BCUT2D eigenvalue weighted by Crippen LogP contribution is -2.50. The van der Waals surface area contributed by atoms with Gasteiger partial charge in [0.05, 0.1) is 37.7 Å². The Balaban J connectivity index is 1.55. The second-order valence-corrected chi connectivity index (χ2v) is 11.3. The Morgan fingerprint density at radius 2 is 1.77 bits per heavy atom. The minimum atomic E-state index is -4.12. The summed E-state index contributed by atoms with van der Waals surface area (Å²) in [6.45, 7) is 1.98. The van der Waals surface area contributed by atoms with Crippen LogP contribution in [0.4, 0.5) is 11.9 Å². The number of furan rings is 1. The highest BCUT2D eigenvalue weighted by atomic mass is 35.5. The molecule has 0 aliphatic carbocycles. The number of benzene rings is 1. The van der Waals surface area contributed by atoms with Crippen LogP contribution in [0.25, 0.3) is 17.3 Å². The van der Waals surface area contributed by atoms with Crippen molar-refractivity contribution in [3.8, 4) is 28.8 Å². The molecule has 4 aromatic rings. The van der Waals surface area contributed by atoms with Crippen molar-refractivity contribution in [3.05, 3.63) is 53.5 Å². The van der Waals surface area contributed by atoms with Gasteiger partial charge < -0.3 is 23.9 Å². The number of β-amino-alcohol motifs (C(OH)–C–C–N with tert-alkyl or cyclic N) is 1. The summed E-state index contributed by atoms with van der Waals surface area (Å²) >= 11 is 5.89. The fourth-order valence-electron chi connectivity index (χ4n) is 4.42. The molecule has 2 N–H and O–H groups in total. The van der Waals surface area contributed by atoms with Gasteiger partial charge in [-0.3, -0.25) is 9.29 Å². The van der Waals surface area contributed by atoms with Crippen molar-refractivity contribution in [1.82, 2.24) is 24.7 Å². The number of sulfonamides is 1. The van der Waals surface area contributed by atoms with E-state index in [1.54, 1.807) is 42.2 Å². The number of ether oxygens (including phenoxy) is 2. The van der Waals surface area contributed by atoms with Crippen LogP contribution in [0.3, 0.4) is 0 Å². The molecule has 0 radical (unpaired) electrons. The first-order valence-electron chi connectivity index (χ1n) is 11.9. The van der Waals surface area contributed by atoms with Crippen molar-refractivity contribution in [2.45, 2.75) is 24.7 Å². The van der Waals surface area contributed by atoms with Crippen molar-refractivity contribution >= 4 is 33.5 Å². The van der Waals surface area contributed by atoms with Gasteiger partial charge in [-0.25, -0.2) is 18.4 Å². The number of piperidine rings is 1. The molecule has 206 valence electrons. The Kier molecular flexibility index (Phi) is 7.34. The first-order chi connectivity index (χ1) is 18.7. The van der Waals surface area contributed by atoms with Crippen molar-refractivity contribution < 1.29 is 27.4 Å². The first kappa shape index (κ1) is 26.7. The standard InChI is InChI=1S/C24H26ClN7O6S/c1-14-7-8-20(38-14)22-28-29-24(32(22)21-18(36-2)5-4-6-19(21)37-3)30-39(34,35)17-9-16(33)12-31(13-17)23-26-10-15(25)11-27-23/h4-8,10-11,16-17,33H,9,12-13H2,1-3H3,(H,29,30)/t16-,17+/m1/s1. The number of aromatic nitrogens is 5. The maximum absolute atomic E-state index is 13.7. The Morgan fingerprint density at radius 1 is 1.08 bits per heavy atom.